The van der Waals surface area contributed by atoms with Crippen molar-refractivity contribution in [2.45, 2.75) is 35.6 Å². The second-order valence-corrected chi connectivity index (χ2v) is 10.7. The van der Waals surface area contributed by atoms with Gasteiger partial charge in [-0.1, -0.05) is 48.5 Å². The van der Waals surface area contributed by atoms with Gasteiger partial charge in [-0.25, -0.2) is 9.59 Å². The highest BCUT2D eigenvalue weighted by Gasteiger charge is 2.66. The Labute approximate surface area is 244 Å². The third-order valence-corrected chi connectivity index (χ3v) is 7.49. The fraction of sp³-hybridized carbons (Fsp3) is 0.172. The zero-order valence-corrected chi connectivity index (χ0v) is 22.6. The molecule has 0 saturated carbocycles. The number of imide groups is 1. The van der Waals surface area contributed by atoms with Gasteiger partial charge in [-0.15, -0.1) is 0 Å². The van der Waals surface area contributed by atoms with Gasteiger partial charge in [-0.3, -0.25) is 14.6 Å². The van der Waals surface area contributed by atoms with Crippen molar-refractivity contribution >= 4 is 46.3 Å². The summed E-state index contributed by atoms with van der Waals surface area (Å²) in [6, 6.07) is 17.3. The summed E-state index contributed by atoms with van der Waals surface area (Å²) in [4.78, 5) is 50.1. The Balaban J connectivity index is 1.66. The number of quaternary nitrogens is 1. The number of halogens is 6. The first-order chi connectivity index (χ1) is 20.3. The first-order valence-corrected chi connectivity index (χ1v) is 13.4. The number of carbonyl (C=O) groups is 3. The summed E-state index contributed by atoms with van der Waals surface area (Å²) in [7, 11) is 0. The molecule has 0 radical (unpaired) electrons. The molecule has 7 nitrogen and oxygen atoms in total. The fourth-order valence-corrected chi connectivity index (χ4v) is 5.43. The van der Waals surface area contributed by atoms with Crippen molar-refractivity contribution in [3.8, 4) is 0 Å². The molecule has 1 unspecified atom stereocenters. The first-order valence-electron chi connectivity index (χ1n) is 12.6. The maximum absolute atomic E-state index is 14.2. The van der Waals surface area contributed by atoms with Gasteiger partial charge in [0, 0.05) is 28.5 Å². The lowest BCUT2D eigenvalue weighted by molar-refractivity contribution is -1.04. The van der Waals surface area contributed by atoms with Crippen LogP contribution in [0.4, 0.5) is 36.8 Å². The van der Waals surface area contributed by atoms with E-state index in [1.807, 2.05) is 0 Å². The molecule has 43 heavy (non-hydrogen) atoms. The van der Waals surface area contributed by atoms with E-state index in [2.05, 4.69) is 4.98 Å². The number of para-hydroxylation sites is 1. The molecule has 5 rings (SSSR count). The number of nitrogens with zero attached hydrogens (tertiary/aromatic N) is 3. The topological polar surface area (TPSA) is 76.6 Å². The number of aromatic nitrogens is 1. The summed E-state index contributed by atoms with van der Waals surface area (Å²) in [5.74, 6) is -3.69. The van der Waals surface area contributed by atoms with Crippen LogP contribution in [0.1, 0.15) is 11.1 Å². The second-order valence-electron chi connectivity index (χ2n) is 9.52. The van der Waals surface area contributed by atoms with Crippen molar-refractivity contribution in [3.05, 3.63) is 102 Å². The van der Waals surface area contributed by atoms with E-state index >= 15 is 0 Å². The predicted octanol–water partition coefficient (Wildman–Crippen LogP) is 6.96. The molecule has 3 amide bonds. The van der Waals surface area contributed by atoms with Gasteiger partial charge in [0.25, 0.3) is 0 Å². The van der Waals surface area contributed by atoms with Gasteiger partial charge < -0.3 is 0 Å². The van der Waals surface area contributed by atoms with Gasteiger partial charge in [0.1, 0.15) is 0 Å². The van der Waals surface area contributed by atoms with E-state index in [-0.39, 0.29) is 22.6 Å². The number of benzene rings is 3. The van der Waals surface area contributed by atoms with E-state index in [0.29, 0.717) is 21.4 Å². The van der Waals surface area contributed by atoms with Gasteiger partial charge in [-0.05, 0) is 58.4 Å². The summed E-state index contributed by atoms with van der Waals surface area (Å²) < 4.78 is 77.8. The Morgan fingerprint density at radius 3 is 2.19 bits per heavy atom. The van der Waals surface area contributed by atoms with Crippen molar-refractivity contribution < 1.29 is 50.2 Å². The highest BCUT2D eigenvalue weighted by Crippen LogP contribution is 2.41. The number of rotatable bonds is 7. The molecular weight excluding hydrogens is 600 g/mol. The number of hydrogen-bond donors (Lipinski definition) is 0. The van der Waals surface area contributed by atoms with Crippen molar-refractivity contribution in [2.24, 2.45) is 0 Å². The summed E-state index contributed by atoms with van der Waals surface area (Å²) in [5.41, 5.74) is -3.65. The van der Waals surface area contributed by atoms with Crippen LogP contribution in [-0.4, -0.2) is 45.3 Å². The molecule has 0 spiro atoms. The molecule has 0 bridgehead atoms. The summed E-state index contributed by atoms with van der Waals surface area (Å²) in [6.45, 7) is -0.675. The maximum atomic E-state index is 14.2. The van der Waals surface area contributed by atoms with Crippen molar-refractivity contribution in [2.75, 3.05) is 4.90 Å². The average Bonchev–Trinajstić information content (AvgIpc) is 3.14. The normalized spacial score (nSPS) is 19.2. The molecule has 1 aromatic heterocycles. The molecule has 1 aliphatic rings. The number of thioether (sulfide) groups is 1. The number of hydroxylamine groups is 3. The van der Waals surface area contributed by atoms with Gasteiger partial charge in [-0.2, -0.15) is 31.2 Å². The average molecular weight is 621 g/mol. The predicted molar refractivity (Wildman–Crippen MR) is 143 cm³/mol. The number of urea groups is 1. The van der Waals surface area contributed by atoms with E-state index in [1.165, 1.54) is 12.3 Å². The fourth-order valence-electron chi connectivity index (χ4n) is 4.89. The van der Waals surface area contributed by atoms with Crippen LogP contribution >= 0.6 is 11.8 Å². The molecular formula is C29H20F6N3O4S+. The van der Waals surface area contributed by atoms with Crippen LogP contribution in [0.2, 0.25) is 0 Å². The Bertz CT molecular complexity index is 1680. The number of fused-ring (bicyclic) bond motifs is 1. The van der Waals surface area contributed by atoms with Crippen molar-refractivity contribution in [3.63, 3.8) is 0 Å². The minimum atomic E-state index is -5.52. The molecule has 1 fully saturated rings. The van der Waals surface area contributed by atoms with Crippen molar-refractivity contribution in [1.29, 1.82) is 0 Å². The molecule has 2 heterocycles. The summed E-state index contributed by atoms with van der Waals surface area (Å²) in [6.07, 6.45) is -4.46. The van der Waals surface area contributed by atoms with E-state index in [9.17, 15) is 40.7 Å². The van der Waals surface area contributed by atoms with Crippen LogP contribution in [0, 0.1) is 0 Å². The first kappa shape index (κ1) is 30.0. The molecule has 0 aliphatic carbocycles. The monoisotopic (exact) mass is 620 g/mol. The van der Waals surface area contributed by atoms with Gasteiger partial charge >= 0.3 is 29.6 Å². The molecule has 222 valence electrons. The van der Waals surface area contributed by atoms with E-state index in [1.54, 1.807) is 54.6 Å². The Hall–Kier alpha value is -4.43. The number of alkyl halides is 6. The zero-order valence-electron chi connectivity index (χ0n) is 21.8. The standard InChI is InChI=1S/C29H20F6N3O4S/c30-28(31,32)26(40)42-38(17-19-14-15-36-23-9-5-4-8-22(19)23)24(16-18-6-2-1-3-7-18)25(39)37(27(38)41)20-10-12-21(13-11-20)43-29(33,34)35/h1-15,24H,16-17H2/q+1/t24-,38?/m1/s1. The molecule has 3 aromatic carbocycles. The quantitative estimate of drug-likeness (QED) is 0.0963. The molecule has 14 heteroatoms. The third kappa shape index (κ3) is 6.20. The van der Waals surface area contributed by atoms with Crippen LogP contribution in [0.15, 0.2) is 96.0 Å². The van der Waals surface area contributed by atoms with E-state index in [0.717, 1.165) is 24.3 Å². The Morgan fingerprint density at radius 1 is 0.884 bits per heavy atom. The van der Waals surface area contributed by atoms with Gasteiger partial charge in [0.2, 0.25) is 6.04 Å². The van der Waals surface area contributed by atoms with Gasteiger partial charge in [0.05, 0.1) is 11.2 Å². The Morgan fingerprint density at radius 2 is 1.53 bits per heavy atom. The number of pyridine rings is 1. The zero-order chi connectivity index (χ0) is 31.0. The number of hydrogen-bond acceptors (Lipinski definition) is 6. The third-order valence-electron chi connectivity index (χ3n) is 6.75. The highest BCUT2D eigenvalue weighted by molar-refractivity contribution is 8.00. The van der Waals surface area contributed by atoms with Gasteiger partial charge in [0.15, 0.2) is 6.54 Å². The second kappa shape index (κ2) is 11.3. The summed E-state index contributed by atoms with van der Waals surface area (Å²) in [5, 5.41) is 0.441. The molecule has 0 N–H and O–H groups in total. The summed E-state index contributed by atoms with van der Waals surface area (Å²) >= 11 is -0.423. The minimum Gasteiger partial charge on any atom is -0.267 e. The minimum absolute atomic E-state index is 0.206. The number of carbonyl (C=O) groups excluding carboxylic acids is 3. The molecule has 4 aromatic rings. The van der Waals surface area contributed by atoms with Crippen LogP contribution in [0.5, 0.6) is 0 Å². The highest BCUT2D eigenvalue weighted by atomic mass is 32.2. The smallest absolute Gasteiger partial charge is 0.267 e. The van der Waals surface area contributed by atoms with Crippen molar-refractivity contribution in [1.82, 2.24) is 4.98 Å². The number of amides is 3. The molecule has 1 saturated heterocycles. The van der Waals surface area contributed by atoms with Crippen LogP contribution < -0.4 is 4.90 Å². The Kier molecular flexibility index (Phi) is 7.92. The van der Waals surface area contributed by atoms with Crippen LogP contribution in [0.25, 0.3) is 10.9 Å². The maximum Gasteiger partial charge on any atom is 0.497 e. The van der Waals surface area contributed by atoms with Crippen LogP contribution in [-0.2, 0) is 27.4 Å². The lowest BCUT2D eigenvalue weighted by Crippen LogP contribution is -2.58. The van der Waals surface area contributed by atoms with E-state index in [4.69, 9.17) is 4.84 Å². The lowest BCUT2D eigenvalue weighted by atomic mass is 10.0. The molecule has 2 atom stereocenters. The number of anilines is 1. The molecule has 1 aliphatic heterocycles. The van der Waals surface area contributed by atoms with Crippen LogP contribution in [0.3, 0.4) is 0 Å². The lowest BCUT2D eigenvalue weighted by Gasteiger charge is -2.31. The van der Waals surface area contributed by atoms with E-state index < -0.39 is 58.6 Å². The largest absolute Gasteiger partial charge is 0.497 e. The SMILES string of the molecule is O=C1[C@@H](Cc2ccccc2)[N+](Cc2ccnc3ccccc23)(OC(=O)C(F)(F)F)C(=O)N1c1ccc(SC(F)(F)F)cc1.